The molecule has 7 heteroatoms. The lowest BCUT2D eigenvalue weighted by molar-refractivity contribution is 0.411. The van der Waals surface area contributed by atoms with Crippen LogP contribution in [0.15, 0.2) is 24.5 Å². The topological polar surface area (TPSA) is 94.6 Å². The fourth-order valence-corrected chi connectivity index (χ4v) is 1.50. The molecule has 0 unspecified atom stereocenters. The molecule has 0 amide bonds. The van der Waals surface area contributed by atoms with Crippen molar-refractivity contribution in [3.63, 3.8) is 0 Å². The van der Waals surface area contributed by atoms with Crippen LogP contribution in [0, 0.1) is 0 Å². The van der Waals surface area contributed by atoms with Crippen LogP contribution in [0.3, 0.4) is 0 Å². The lowest BCUT2D eigenvalue weighted by Crippen LogP contribution is -1.90. The largest absolute Gasteiger partial charge is 0.399 e. The molecule has 7 nitrogen and oxygen atoms in total. The van der Waals surface area contributed by atoms with E-state index in [4.69, 9.17) is 10.5 Å². The van der Waals surface area contributed by atoms with Crippen molar-refractivity contribution < 1.29 is 4.74 Å². The summed E-state index contributed by atoms with van der Waals surface area (Å²) in [6, 6.07) is 5.99. The third kappa shape index (κ3) is 1.78. The van der Waals surface area contributed by atoms with Gasteiger partial charge in [0.2, 0.25) is 0 Å². The highest BCUT2D eigenvalue weighted by molar-refractivity contribution is 5.79. The van der Waals surface area contributed by atoms with E-state index in [9.17, 15) is 0 Å². The van der Waals surface area contributed by atoms with E-state index in [0.717, 1.165) is 11.0 Å². The summed E-state index contributed by atoms with van der Waals surface area (Å²) in [7, 11) is 1.76. The number of nitrogens with one attached hydrogen (secondary N) is 1. The van der Waals surface area contributed by atoms with Crippen molar-refractivity contribution in [1.82, 2.24) is 24.7 Å². The predicted octanol–water partition coefficient (Wildman–Crippen LogP) is 1.07. The number of nitrogens with two attached hydrogens (primary N) is 1. The summed E-state index contributed by atoms with van der Waals surface area (Å²) < 4.78 is 6.93. The molecule has 0 fully saturated rings. The molecule has 2 heterocycles. The summed E-state index contributed by atoms with van der Waals surface area (Å²) in [6.07, 6.45) is 1.55. The summed E-state index contributed by atoms with van der Waals surface area (Å²) in [5.74, 6) is 0. The van der Waals surface area contributed by atoms with Crippen LogP contribution < -0.4 is 10.5 Å². The highest BCUT2D eigenvalue weighted by atomic mass is 16.5. The minimum atomic E-state index is 0.250. The average Bonchev–Trinajstić information content (AvgIpc) is 2.84. The van der Waals surface area contributed by atoms with Crippen LogP contribution in [0.1, 0.15) is 0 Å². The van der Waals surface area contributed by atoms with Gasteiger partial charge >= 0.3 is 12.0 Å². The van der Waals surface area contributed by atoms with Crippen LogP contribution in [0.2, 0.25) is 0 Å². The van der Waals surface area contributed by atoms with Gasteiger partial charge in [0.1, 0.15) is 6.33 Å². The molecule has 17 heavy (non-hydrogen) atoms. The summed E-state index contributed by atoms with van der Waals surface area (Å²) >= 11 is 0. The van der Waals surface area contributed by atoms with E-state index in [1.165, 1.54) is 0 Å². The zero-order chi connectivity index (χ0) is 11.8. The highest BCUT2D eigenvalue weighted by Crippen LogP contribution is 2.20. The first-order valence-corrected chi connectivity index (χ1v) is 4.99. The fourth-order valence-electron chi connectivity index (χ4n) is 1.50. The number of rotatable bonds is 2. The van der Waals surface area contributed by atoms with Gasteiger partial charge in [0.05, 0.1) is 11.0 Å². The molecule has 0 atom stereocenters. The number of H-pyrrole nitrogens is 1. The first-order valence-electron chi connectivity index (χ1n) is 4.99. The maximum atomic E-state index is 5.67. The van der Waals surface area contributed by atoms with E-state index in [1.807, 2.05) is 6.07 Å². The van der Waals surface area contributed by atoms with Crippen LogP contribution in [-0.4, -0.2) is 24.7 Å². The second-order valence-electron chi connectivity index (χ2n) is 3.62. The summed E-state index contributed by atoms with van der Waals surface area (Å²) in [5, 5.41) is 3.99. The number of imidazole rings is 1. The summed E-state index contributed by atoms with van der Waals surface area (Å²) in [4.78, 5) is 11.2. The van der Waals surface area contributed by atoms with E-state index in [-0.39, 0.29) is 6.01 Å². The number of nitrogen functional groups attached to an aromatic ring is 1. The Labute approximate surface area is 96.2 Å². The van der Waals surface area contributed by atoms with E-state index in [0.29, 0.717) is 11.7 Å². The Hall–Kier alpha value is -2.57. The monoisotopic (exact) mass is 230 g/mol. The van der Waals surface area contributed by atoms with Gasteiger partial charge in [-0.25, -0.2) is 0 Å². The first kappa shape index (κ1) is 9.64. The molecule has 0 spiro atoms. The zero-order valence-corrected chi connectivity index (χ0v) is 9.08. The molecule has 0 bridgehead atoms. The Balaban J connectivity index is 1.95. The number of benzene rings is 1. The Bertz CT molecular complexity index is 670. The second kappa shape index (κ2) is 3.48. The molecule has 3 rings (SSSR count). The molecule has 1 aromatic carbocycles. The SMILES string of the molecule is Cn1cnc(Oc2nc3ccc(N)cc3[nH]2)n1. The number of nitrogens with zero attached hydrogens (tertiary/aromatic N) is 4. The van der Waals surface area contributed by atoms with E-state index < -0.39 is 0 Å². The van der Waals surface area contributed by atoms with Gasteiger partial charge in [-0.15, -0.1) is 5.10 Å². The van der Waals surface area contributed by atoms with Crippen LogP contribution in [0.25, 0.3) is 11.0 Å². The standard InChI is InChI=1S/C10H10N6O/c1-16-5-12-9(15-16)17-10-13-7-3-2-6(11)4-8(7)14-10/h2-5H,11H2,1H3,(H,13,14). The molecule has 3 aromatic rings. The number of hydrogen-bond donors (Lipinski definition) is 2. The molecule has 0 radical (unpaired) electrons. The maximum Gasteiger partial charge on any atom is 0.343 e. The van der Waals surface area contributed by atoms with Crippen LogP contribution >= 0.6 is 0 Å². The summed E-state index contributed by atoms with van der Waals surface area (Å²) in [5.41, 5.74) is 7.94. The van der Waals surface area contributed by atoms with Crippen LogP contribution in [0.4, 0.5) is 5.69 Å². The van der Waals surface area contributed by atoms with Gasteiger partial charge < -0.3 is 15.5 Å². The molecular weight excluding hydrogens is 220 g/mol. The van der Waals surface area contributed by atoms with Gasteiger partial charge in [-0.3, -0.25) is 4.68 Å². The lowest BCUT2D eigenvalue weighted by atomic mass is 10.3. The lowest BCUT2D eigenvalue weighted by Gasteiger charge is -1.92. The van der Waals surface area contributed by atoms with Crippen LogP contribution in [-0.2, 0) is 7.05 Å². The zero-order valence-electron chi connectivity index (χ0n) is 9.08. The summed E-state index contributed by atoms with van der Waals surface area (Å²) in [6.45, 7) is 0. The second-order valence-corrected chi connectivity index (χ2v) is 3.62. The van der Waals surface area contributed by atoms with Crippen molar-refractivity contribution in [2.75, 3.05) is 5.73 Å². The Kier molecular flexibility index (Phi) is 1.97. The molecule has 0 aliphatic heterocycles. The fraction of sp³-hybridized carbons (Fsp3) is 0.100. The maximum absolute atomic E-state index is 5.67. The van der Waals surface area contributed by atoms with Gasteiger partial charge in [-0.05, 0) is 18.2 Å². The van der Waals surface area contributed by atoms with Crippen molar-refractivity contribution in [2.24, 2.45) is 7.05 Å². The van der Waals surface area contributed by atoms with Gasteiger partial charge in [0.25, 0.3) is 0 Å². The molecular formula is C10H10N6O. The number of aromatic nitrogens is 5. The molecule has 0 saturated carbocycles. The smallest absolute Gasteiger partial charge is 0.343 e. The quantitative estimate of drug-likeness (QED) is 0.642. The first-order chi connectivity index (χ1) is 8.20. The molecule has 0 aliphatic carbocycles. The molecule has 0 aliphatic rings. The molecule has 3 N–H and O–H groups in total. The number of fused-ring (bicyclic) bond motifs is 1. The van der Waals surface area contributed by atoms with Gasteiger partial charge in [0, 0.05) is 12.7 Å². The molecule has 0 saturated heterocycles. The van der Waals surface area contributed by atoms with Gasteiger partial charge in [-0.1, -0.05) is 0 Å². The van der Waals surface area contributed by atoms with Crippen LogP contribution in [0.5, 0.6) is 12.0 Å². The average molecular weight is 230 g/mol. The van der Waals surface area contributed by atoms with E-state index in [2.05, 4.69) is 20.1 Å². The Morgan fingerprint density at radius 3 is 3.06 bits per heavy atom. The van der Waals surface area contributed by atoms with Crippen molar-refractivity contribution in [1.29, 1.82) is 0 Å². The number of ether oxygens (including phenoxy) is 1. The van der Waals surface area contributed by atoms with Crippen molar-refractivity contribution >= 4 is 16.7 Å². The number of anilines is 1. The number of aromatic amines is 1. The van der Waals surface area contributed by atoms with Gasteiger partial charge in [-0.2, -0.15) is 9.97 Å². The Morgan fingerprint density at radius 2 is 2.29 bits per heavy atom. The minimum absolute atomic E-state index is 0.250. The highest BCUT2D eigenvalue weighted by Gasteiger charge is 2.07. The van der Waals surface area contributed by atoms with Crippen molar-refractivity contribution in [3.8, 4) is 12.0 Å². The van der Waals surface area contributed by atoms with Crippen molar-refractivity contribution in [3.05, 3.63) is 24.5 Å². The number of aryl methyl sites for hydroxylation is 1. The Morgan fingerprint density at radius 1 is 1.41 bits per heavy atom. The van der Waals surface area contributed by atoms with Crippen molar-refractivity contribution in [2.45, 2.75) is 0 Å². The predicted molar refractivity (Wildman–Crippen MR) is 61.6 cm³/mol. The normalized spacial score (nSPS) is 10.9. The minimum Gasteiger partial charge on any atom is -0.399 e. The number of hydrogen-bond acceptors (Lipinski definition) is 5. The third-order valence-electron chi connectivity index (χ3n) is 2.25. The van der Waals surface area contributed by atoms with E-state index >= 15 is 0 Å². The third-order valence-corrected chi connectivity index (χ3v) is 2.25. The molecule has 2 aromatic heterocycles. The molecule has 86 valence electrons. The van der Waals surface area contributed by atoms with E-state index in [1.54, 1.807) is 30.2 Å². The van der Waals surface area contributed by atoms with Gasteiger partial charge in [0.15, 0.2) is 0 Å².